The molecule has 0 aromatic carbocycles. The number of nitrogens with one attached hydrogen (secondary N) is 2. The SMILES string of the molecule is C/C=C/NC(=O)c1cnn2cccnc12.CC.CCN(/N=C/C1CCCC(CNC(=O)OC(C)(C)C)CC1)c1ccc(C)cn1. The summed E-state index contributed by atoms with van der Waals surface area (Å²) >= 11 is 0. The van der Waals surface area contributed by atoms with Crippen LogP contribution in [0, 0.1) is 18.8 Å². The van der Waals surface area contributed by atoms with Gasteiger partial charge in [-0.1, -0.05) is 32.4 Å². The molecule has 45 heavy (non-hydrogen) atoms. The highest BCUT2D eigenvalue weighted by Gasteiger charge is 2.21. The summed E-state index contributed by atoms with van der Waals surface area (Å²) in [5.74, 6) is 1.66. The van der Waals surface area contributed by atoms with E-state index >= 15 is 0 Å². The van der Waals surface area contributed by atoms with Gasteiger partial charge in [0, 0.05) is 37.9 Å². The molecule has 0 bridgehead atoms. The zero-order valence-electron chi connectivity index (χ0n) is 28.3. The van der Waals surface area contributed by atoms with Gasteiger partial charge in [0.25, 0.3) is 5.91 Å². The average molecular weight is 621 g/mol. The molecule has 0 saturated heterocycles. The molecule has 1 aliphatic carbocycles. The van der Waals surface area contributed by atoms with Gasteiger partial charge in [-0.05, 0) is 103 Å². The standard InChI is InChI=1S/C22H36N4O2.C10H10N4O.C2H6/c1-6-26(20-13-10-17(2)14-23-20)25-16-19-9-7-8-18(11-12-19)15-24-21(27)28-22(3,4)5;1-2-4-12-10(15)8-7-13-14-6-3-5-11-9(8)14;1-2/h10,13-14,16,18-19H,6-9,11-12,15H2,1-5H3,(H,24,27);2-7H,1H3,(H,12,15);1-2H3/b25-16+;4-2+;. The van der Waals surface area contributed by atoms with Crippen molar-refractivity contribution in [3.63, 3.8) is 0 Å². The minimum Gasteiger partial charge on any atom is -0.444 e. The Kier molecular flexibility index (Phi) is 15.7. The maximum absolute atomic E-state index is 11.9. The van der Waals surface area contributed by atoms with Crippen molar-refractivity contribution >= 4 is 29.7 Å². The van der Waals surface area contributed by atoms with E-state index < -0.39 is 5.60 Å². The number of pyridine rings is 1. The van der Waals surface area contributed by atoms with Gasteiger partial charge >= 0.3 is 6.09 Å². The third-order valence-electron chi connectivity index (χ3n) is 6.85. The first-order valence-corrected chi connectivity index (χ1v) is 16.0. The van der Waals surface area contributed by atoms with Crippen molar-refractivity contribution in [2.45, 2.75) is 93.1 Å². The number of nitrogens with zero attached hydrogens (tertiary/aromatic N) is 6. The van der Waals surface area contributed by atoms with E-state index in [1.807, 2.05) is 65.7 Å². The van der Waals surface area contributed by atoms with Crippen LogP contribution >= 0.6 is 0 Å². The van der Waals surface area contributed by atoms with Gasteiger partial charge in [0.1, 0.15) is 17.0 Å². The lowest BCUT2D eigenvalue weighted by atomic mass is 9.99. The Hall–Kier alpha value is -4.28. The summed E-state index contributed by atoms with van der Waals surface area (Å²) in [6.45, 7) is 17.1. The number of allylic oxidation sites excluding steroid dienone is 1. The molecule has 2 amide bonds. The Bertz CT molecular complexity index is 1360. The topological polar surface area (TPSA) is 126 Å². The molecule has 246 valence electrons. The molecule has 0 aliphatic heterocycles. The number of carbonyl (C=O) groups excluding carboxylic acids is 2. The van der Waals surface area contributed by atoms with Crippen LogP contribution in [-0.4, -0.2) is 56.5 Å². The van der Waals surface area contributed by atoms with Gasteiger partial charge < -0.3 is 15.4 Å². The summed E-state index contributed by atoms with van der Waals surface area (Å²) < 4.78 is 6.89. The Labute approximate surface area is 268 Å². The van der Waals surface area contributed by atoms with Crippen LogP contribution < -0.4 is 15.6 Å². The Morgan fingerprint density at radius 2 is 1.91 bits per heavy atom. The third kappa shape index (κ3) is 13.1. The lowest BCUT2D eigenvalue weighted by Crippen LogP contribution is -2.35. The van der Waals surface area contributed by atoms with Crippen LogP contribution in [0.4, 0.5) is 10.6 Å². The fraction of sp³-hybridized carbons (Fsp3) is 0.529. The molecule has 2 unspecified atom stereocenters. The molecule has 0 spiro atoms. The second kappa shape index (κ2) is 19.2. The summed E-state index contributed by atoms with van der Waals surface area (Å²) in [6.07, 6.45) is 17.5. The zero-order valence-corrected chi connectivity index (χ0v) is 28.3. The molecule has 0 radical (unpaired) electrons. The van der Waals surface area contributed by atoms with Gasteiger partial charge in [-0.25, -0.2) is 24.3 Å². The van der Waals surface area contributed by atoms with E-state index in [2.05, 4.69) is 44.9 Å². The molecule has 4 rings (SSSR count). The van der Waals surface area contributed by atoms with Crippen LogP contribution in [0.5, 0.6) is 0 Å². The number of anilines is 1. The number of hydrogen-bond donors (Lipinski definition) is 2. The van der Waals surface area contributed by atoms with Crippen LogP contribution in [0.25, 0.3) is 5.65 Å². The van der Waals surface area contributed by atoms with Crippen molar-refractivity contribution in [1.29, 1.82) is 0 Å². The van der Waals surface area contributed by atoms with Crippen molar-refractivity contribution in [2.75, 3.05) is 18.1 Å². The Morgan fingerprint density at radius 3 is 2.58 bits per heavy atom. The maximum atomic E-state index is 11.9. The van der Waals surface area contributed by atoms with Crippen molar-refractivity contribution in [3.05, 3.63) is 66.4 Å². The number of ether oxygens (including phenoxy) is 1. The van der Waals surface area contributed by atoms with Crippen LogP contribution in [-0.2, 0) is 4.74 Å². The molecular formula is C34H52N8O3. The van der Waals surface area contributed by atoms with Crippen LogP contribution in [0.3, 0.4) is 0 Å². The molecule has 2 atom stereocenters. The second-order valence-corrected chi connectivity index (χ2v) is 11.6. The fourth-order valence-electron chi connectivity index (χ4n) is 4.62. The van der Waals surface area contributed by atoms with Gasteiger partial charge in [-0.15, -0.1) is 0 Å². The average Bonchev–Trinajstić information content (AvgIpc) is 3.33. The van der Waals surface area contributed by atoms with E-state index in [-0.39, 0.29) is 12.0 Å². The van der Waals surface area contributed by atoms with E-state index in [4.69, 9.17) is 9.84 Å². The Balaban J connectivity index is 0.000000347. The zero-order chi connectivity index (χ0) is 33.2. The number of aryl methyl sites for hydroxylation is 1. The third-order valence-corrected chi connectivity index (χ3v) is 6.85. The van der Waals surface area contributed by atoms with Crippen LogP contribution in [0.1, 0.15) is 96.5 Å². The second-order valence-electron chi connectivity index (χ2n) is 11.6. The molecule has 1 aliphatic rings. The van der Waals surface area contributed by atoms with E-state index in [0.717, 1.165) is 50.0 Å². The quantitative estimate of drug-likeness (QED) is 0.159. The highest BCUT2D eigenvalue weighted by atomic mass is 16.6. The number of hydrazone groups is 1. The van der Waals surface area contributed by atoms with Crippen molar-refractivity contribution in [3.8, 4) is 0 Å². The summed E-state index contributed by atoms with van der Waals surface area (Å²) in [7, 11) is 0. The molecule has 3 aromatic rings. The van der Waals surface area contributed by atoms with E-state index in [1.165, 1.54) is 6.20 Å². The minimum atomic E-state index is -0.452. The Morgan fingerprint density at radius 1 is 1.13 bits per heavy atom. The summed E-state index contributed by atoms with van der Waals surface area (Å²) in [6, 6.07) is 5.84. The number of rotatable bonds is 8. The number of carbonyl (C=O) groups is 2. The van der Waals surface area contributed by atoms with Gasteiger partial charge in [0.05, 0.1) is 6.20 Å². The van der Waals surface area contributed by atoms with E-state index in [0.29, 0.717) is 29.6 Å². The van der Waals surface area contributed by atoms with Gasteiger partial charge in [0.15, 0.2) is 5.65 Å². The molecule has 1 fully saturated rings. The lowest BCUT2D eigenvalue weighted by Gasteiger charge is -2.21. The predicted octanol–water partition coefficient (Wildman–Crippen LogP) is 6.94. The molecular weight excluding hydrogens is 568 g/mol. The van der Waals surface area contributed by atoms with Crippen LogP contribution in [0.15, 0.2) is 60.4 Å². The number of alkyl carbamates (subject to hydrolysis) is 1. The first-order chi connectivity index (χ1) is 21.6. The maximum Gasteiger partial charge on any atom is 0.407 e. The number of hydrogen-bond acceptors (Lipinski definition) is 8. The van der Waals surface area contributed by atoms with Gasteiger partial charge in [-0.3, -0.25) is 4.79 Å². The lowest BCUT2D eigenvalue weighted by molar-refractivity contribution is 0.0517. The largest absolute Gasteiger partial charge is 0.444 e. The van der Waals surface area contributed by atoms with Crippen molar-refractivity contribution in [2.24, 2.45) is 16.9 Å². The summed E-state index contributed by atoms with van der Waals surface area (Å²) in [4.78, 5) is 32.0. The predicted molar refractivity (Wildman–Crippen MR) is 181 cm³/mol. The normalized spacial score (nSPS) is 16.6. The van der Waals surface area contributed by atoms with Crippen molar-refractivity contribution < 1.29 is 14.3 Å². The van der Waals surface area contributed by atoms with Crippen LogP contribution in [0.2, 0.25) is 0 Å². The van der Waals surface area contributed by atoms with Gasteiger partial charge in [0.2, 0.25) is 0 Å². The minimum absolute atomic E-state index is 0.207. The summed E-state index contributed by atoms with van der Waals surface area (Å²) in [5, 5.41) is 16.2. The van der Waals surface area contributed by atoms with Crippen molar-refractivity contribution in [1.82, 2.24) is 30.2 Å². The molecule has 1 saturated carbocycles. The molecule has 2 N–H and O–H groups in total. The van der Waals surface area contributed by atoms with E-state index in [9.17, 15) is 9.59 Å². The highest BCUT2D eigenvalue weighted by Crippen LogP contribution is 2.26. The fourth-order valence-corrected chi connectivity index (χ4v) is 4.62. The molecule has 3 heterocycles. The first-order valence-electron chi connectivity index (χ1n) is 16.0. The molecule has 3 aromatic heterocycles. The summed E-state index contributed by atoms with van der Waals surface area (Å²) in [5.41, 5.74) is 1.72. The number of aromatic nitrogens is 4. The first kappa shape index (κ1) is 36.9. The monoisotopic (exact) mass is 620 g/mol. The highest BCUT2D eigenvalue weighted by molar-refractivity contribution is 6.00. The molecule has 11 heteroatoms. The number of fused-ring (bicyclic) bond motifs is 1. The smallest absolute Gasteiger partial charge is 0.407 e. The number of amides is 2. The van der Waals surface area contributed by atoms with Gasteiger partial charge in [-0.2, -0.15) is 10.2 Å². The van der Waals surface area contributed by atoms with E-state index in [1.54, 1.807) is 35.3 Å². The molecule has 11 nitrogen and oxygen atoms in total.